The minimum Gasteiger partial charge on any atom is -0.541 e. The van der Waals surface area contributed by atoms with Crippen molar-refractivity contribution in [2.24, 2.45) is 0 Å². The molecule has 0 aliphatic carbocycles. The molecule has 4 rings (SSSR count). The first-order chi connectivity index (χ1) is 16.7. The number of nitrogens with one attached hydrogen (secondary N) is 1. The molecular weight excluding hydrogens is 448 g/mol. The molecule has 10 nitrogen and oxygen atoms in total. The zero-order chi connectivity index (χ0) is 25.2. The van der Waals surface area contributed by atoms with E-state index in [-0.39, 0.29) is 5.56 Å². The molecule has 0 spiro atoms. The Hall–Kier alpha value is -4.18. The van der Waals surface area contributed by atoms with Gasteiger partial charge in [-0.3, -0.25) is 4.79 Å². The highest BCUT2D eigenvalue weighted by Crippen LogP contribution is 2.32. The first kappa shape index (κ1) is 24.0. The standard InChI is InChI=1S/C25H26N6O4/c1-4-7-19-26-22(25(2,3)35)20(23-27-29-30-28-23)31(19)14-15-10-12-16(13-11-15)17-8-5-6-9-18(17)21(32)24(33)34/h5-6,8-13,35H,4,7,14H2,1-3H3,(H,33,34)(H,27,28,29,30)/p-1. The maximum atomic E-state index is 12.1. The van der Waals surface area contributed by atoms with Crippen molar-refractivity contribution in [3.63, 3.8) is 0 Å². The number of carboxylic acids is 1. The molecule has 0 amide bonds. The number of aromatic nitrogens is 6. The number of carbonyl (C=O) groups is 2. The molecule has 0 unspecified atom stereocenters. The number of aliphatic carboxylic acids is 1. The van der Waals surface area contributed by atoms with Crippen LogP contribution in [0.4, 0.5) is 0 Å². The van der Waals surface area contributed by atoms with E-state index in [0.29, 0.717) is 41.3 Å². The first-order valence-corrected chi connectivity index (χ1v) is 11.2. The molecular formula is C25H25N6O4-. The number of ketones is 1. The zero-order valence-electron chi connectivity index (χ0n) is 19.6. The van der Waals surface area contributed by atoms with E-state index in [0.717, 1.165) is 17.8 Å². The fourth-order valence-corrected chi connectivity index (χ4v) is 4.01. The lowest BCUT2D eigenvalue weighted by atomic mass is 9.96. The number of aromatic amines is 1. The van der Waals surface area contributed by atoms with Crippen LogP contribution in [0.2, 0.25) is 0 Å². The predicted octanol–water partition coefficient (Wildman–Crippen LogP) is 1.89. The van der Waals surface area contributed by atoms with Crippen LogP contribution in [0, 0.1) is 0 Å². The third kappa shape index (κ3) is 4.87. The zero-order valence-corrected chi connectivity index (χ0v) is 19.6. The van der Waals surface area contributed by atoms with Gasteiger partial charge in [-0.05, 0) is 42.2 Å². The molecule has 0 radical (unpaired) electrons. The fourth-order valence-electron chi connectivity index (χ4n) is 4.01. The molecule has 35 heavy (non-hydrogen) atoms. The number of hydrogen-bond donors (Lipinski definition) is 2. The summed E-state index contributed by atoms with van der Waals surface area (Å²) in [4.78, 5) is 27.9. The van der Waals surface area contributed by atoms with Gasteiger partial charge >= 0.3 is 0 Å². The molecule has 2 N–H and O–H groups in total. The minimum absolute atomic E-state index is 0.0781. The second-order valence-electron chi connectivity index (χ2n) is 8.71. The van der Waals surface area contributed by atoms with Crippen LogP contribution in [0.5, 0.6) is 0 Å². The van der Waals surface area contributed by atoms with Crippen LogP contribution in [-0.2, 0) is 23.4 Å². The number of nitrogens with zero attached hydrogens (tertiary/aromatic N) is 5. The van der Waals surface area contributed by atoms with Crippen LogP contribution in [0.3, 0.4) is 0 Å². The molecule has 0 bridgehead atoms. The number of tetrazole rings is 1. The second kappa shape index (κ2) is 9.59. The molecule has 0 fully saturated rings. The third-order valence-corrected chi connectivity index (χ3v) is 5.62. The summed E-state index contributed by atoms with van der Waals surface area (Å²) < 4.78 is 1.98. The van der Waals surface area contributed by atoms with E-state index in [9.17, 15) is 19.8 Å². The Morgan fingerprint density at radius 1 is 1.11 bits per heavy atom. The summed E-state index contributed by atoms with van der Waals surface area (Å²) in [6.45, 7) is 5.82. The number of rotatable bonds is 9. The van der Waals surface area contributed by atoms with E-state index >= 15 is 0 Å². The van der Waals surface area contributed by atoms with Crippen LogP contribution in [0.15, 0.2) is 48.5 Å². The van der Waals surface area contributed by atoms with Crippen molar-refractivity contribution < 1.29 is 19.8 Å². The number of hydrogen-bond acceptors (Lipinski definition) is 8. The van der Waals surface area contributed by atoms with E-state index < -0.39 is 17.4 Å². The topological polar surface area (TPSA) is 150 Å². The highest BCUT2D eigenvalue weighted by Gasteiger charge is 2.30. The van der Waals surface area contributed by atoms with Gasteiger partial charge in [0.25, 0.3) is 0 Å². The highest BCUT2D eigenvalue weighted by atomic mass is 16.4. The van der Waals surface area contributed by atoms with Gasteiger partial charge in [0.15, 0.2) is 0 Å². The number of H-pyrrole nitrogens is 1. The van der Waals surface area contributed by atoms with Crippen molar-refractivity contribution >= 4 is 11.8 Å². The van der Waals surface area contributed by atoms with E-state index in [1.54, 1.807) is 32.0 Å². The van der Waals surface area contributed by atoms with Crippen LogP contribution < -0.4 is 5.11 Å². The van der Waals surface area contributed by atoms with Crippen molar-refractivity contribution in [2.75, 3.05) is 0 Å². The smallest absolute Gasteiger partial charge is 0.223 e. The SMILES string of the molecule is CCCc1nc(C(C)(C)O)c(-c2nn[nH]n2)n1Cc1ccc(-c2ccccc2C(=O)C(=O)[O-])cc1. The predicted molar refractivity (Wildman–Crippen MR) is 125 cm³/mol. The lowest BCUT2D eigenvalue weighted by Crippen LogP contribution is -2.31. The summed E-state index contributed by atoms with van der Waals surface area (Å²) in [5.74, 6) is -1.67. The molecule has 2 aromatic carbocycles. The Morgan fingerprint density at radius 2 is 1.83 bits per heavy atom. The third-order valence-electron chi connectivity index (χ3n) is 5.62. The van der Waals surface area contributed by atoms with Crippen molar-refractivity contribution in [1.29, 1.82) is 0 Å². The largest absolute Gasteiger partial charge is 0.541 e. The van der Waals surface area contributed by atoms with E-state index in [4.69, 9.17) is 4.98 Å². The van der Waals surface area contributed by atoms with Gasteiger partial charge in [-0.1, -0.05) is 55.5 Å². The molecule has 0 atom stereocenters. The minimum atomic E-state index is -1.74. The Bertz CT molecular complexity index is 1350. The number of carboxylic acid groups (broad SMARTS) is 1. The average Bonchev–Trinajstić information content (AvgIpc) is 3.48. The summed E-state index contributed by atoms with van der Waals surface area (Å²) in [6.07, 6.45) is 1.55. The normalized spacial score (nSPS) is 11.5. The van der Waals surface area contributed by atoms with Gasteiger partial charge in [-0.15, -0.1) is 10.2 Å². The van der Waals surface area contributed by atoms with Crippen LogP contribution in [-0.4, -0.2) is 47.0 Å². The number of aliphatic hydroxyl groups is 1. The molecule has 0 saturated carbocycles. The van der Waals surface area contributed by atoms with E-state index in [1.807, 2.05) is 28.8 Å². The lowest BCUT2D eigenvalue weighted by molar-refractivity contribution is -0.296. The molecule has 0 aliphatic heterocycles. The van der Waals surface area contributed by atoms with Crippen LogP contribution >= 0.6 is 0 Å². The van der Waals surface area contributed by atoms with Gasteiger partial charge in [0.2, 0.25) is 11.6 Å². The fraction of sp³-hybridized carbons (Fsp3) is 0.280. The lowest BCUT2D eigenvalue weighted by Gasteiger charge is -2.17. The van der Waals surface area contributed by atoms with Crippen molar-refractivity contribution in [3.8, 4) is 22.6 Å². The summed E-state index contributed by atoms with van der Waals surface area (Å²) in [6, 6.07) is 14.0. The molecule has 10 heteroatoms. The summed E-state index contributed by atoms with van der Waals surface area (Å²) in [5, 5.41) is 36.3. The monoisotopic (exact) mass is 473 g/mol. The van der Waals surface area contributed by atoms with Gasteiger partial charge in [0.1, 0.15) is 28.8 Å². The molecule has 4 aromatic rings. The van der Waals surface area contributed by atoms with Crippen molar-refractivity contribution in [3.05, 3.63) is 71.2 Å². The van der Waals surface area contributed by atoms with Crippen molar-refractivity contribution in [2.45, 2.75) is 45.8 Å². The number of carbonyl (C=O) groups excluding carboxylic acids is 2. The van der Waals surface area contributed by atoms with Gasteiger partial charge < -0.3 is 19.6 Å². The average molecular weight is 474 g/mol. The van der Waals surface area contributed by atoms with E-state index in [2.05, 4.69) is 27.5 Å². The second-order valence-corrected chi connectivity index (χ2v) is 8.71. The first-order valence-electron chi connectivity index (χ1n) is 11.2. The Morgan fingerprint density at radius 3 is 2.43 bits per heavy atom. The summed E-state index contributed by atoms with van der Waals surface area (Å²) >= 11 is 0. The number of Topliss-reactive ketones (excluding diaryl/α,β-unsaturated/α-hetero) is 1. The maximum Gasteiger partial charge on any atom is 0.223 e. The van der Waals surface area contributed by atoms with Crippen molar-refractivity contribution in [1.82, 2.24) is 30.2 Å². The molecule has 2 heterocycles. The van der Waals surface area contributed by atoms with Gasteiger partial charge in [0, 0.05) is 18.5 Å². The van der Waals surface area contributed by atoms with Crippen LogP contribution in [0.25, 0.3) is 22.6 Å². The van der Waals surface area contributed by atoms with Gasteiger partial charge in [-0.2, -0.15) is 5.21 Å². The summed E-state index contributed by atoms with van der Waals surface area (Å²) in [7, 11) is 0. The maximum absolute atomic E-state index is 12.1. The summed E-state index contributed by atoms with van der Waals surface area (Å²) in [5.41, 5.74) is 2.06. The molecule has 0 saturated heterocycles. The highest BCUT2D eigenvalue weighted by molar-refractivity contribution is 6.40. The molecule has 180 valence electrons. The Kier molecular flexibility index (Phi) is 6.57. The number of imidazole rings is 1. The van der Waals surface area contributed by atoms with Gasteiger partial charge in [0.05, 0.1) is 0 Å². The van der Waals surface area contributed by atoms with Gasteiger partial charge in [-0.25, -0.2) is 4.98 Å². The quantitative estimate of drug-likeness (QED) is 0.276. The number of benzene rings is 2. The molecule has 2 aromatic heterocycles. The Labute approximate surface area is 201 Å². The van der Waals surface area contributed by atoms with Crippen LogP contribution in [0.1, 0.15) is 54.6 Å². The molecule has 0 aliphatic rings. The van der Waals surface area contributed by atoms with E-state index in [1.165, 1.54) is 6.07 Å². The number of aryl methyl sites for hydroxylation is 1. The Balaban J connectivity index is 1.74.